The topological polar surface area (TPSA) is 38.2 Å². The minimum Gasteiger partial charge on any atom is -0.344 e. The minimum absolute atomic E-state index is 0. The van der Waals surface area contributed by atoms with Gasteiger partial charge in [0.25, 0.3) is 0 Å². The van der Waals surface area contributed by atoms with Gasteiger partial charge in [0.1, 0.15) is 0 Å². The number of hydrogen-bond acceptors (Lipinski definition) is 2. The molecule has 0 aromatic rings. The molecule has 0 aromatic heterocycles. The molecule has 1 saturated carbocycles. The molecular formula is C9H22N2. The molecule has 11 heavy (non-hydrogen) atoms. The molecule has 0 unspecified atom stereocenters. The van der Waals surface area contributed by atoms with Crippen LogP contribution in [0.4, 0.5) is 0 Å². The third-order valence-corrected chi connectivity index (χ3v) is 2.98. The van der Waals surface area contributed by atoms with Crippen molar-refractivity contribution in [2.24, 2.45) is 0 Å². The molecule has 2 aliphatic rings. The number of nitrogens with zero attached hydrogens (tertiary/aromatic N) is 1. The summed E-state index contributed by atoms with van der Waals surface area (Å²) in [6, 6.07) is 0.988. The van der Waals surface area contributed by atoms with E-state index in [0.29, 0.717) is 0 Å². The number of rotatable bonds is 1. The maximum Gasteiger partial charge on any atom is 0.00952 e. The summed E-state index contributed by atoms with van der Waals surface area (Å²) in [5.74, 6) is 0. The van der Waals surface area contributed by atoms with Gasteiger partial charge in [-0.15, -0.1) is 0 Å². The largest absolute Gasteiger partial charge is 0.344 e. The molecule has 3 N–H and O–H groups in total. The van der Waals surface area contributed by atoms with Gasteiger partial charge in [0.05, 0.1) is 0 Å². The van der Waals surface area contributed by atoms with E-state index in [1.807, 2.05) is 0 Å². The van der Waals surface area contributed by atoms with Crippen LogP contribution >= 0.6 is 0 Å². The van der Waals surface area contributed by atoms with E-state index in [1.165, 1.54) is 51.6 Å². The van der Waals surface area contributed by atoms with E-state index >= 15 is 0 Å². The molecule has 1 heterocycles. The van der Waals surface area contributed by atoms with E-state index < -0.39 is 0 Å². The highest BCUT2D eigenvalue weighted by Crippen LogP contribution is 2.25. The molecule has 1 aliphatic carbocycles. The Kier molecular flexibility index (Phi) is 3.34. The molecule has 2 rings (SSSR count). The van der Waals surface area contributed by atoms with Crippen LogP contribution in [-0.4, -0.2) is 24.0 Å². The van der Waals surface area contributed by atoms with E-state index in [1.54, 1.807) is 0 Å². The quantitative estimate of drug-likeness (QED) is 0.636. The zero-order chi connectivity index (χ0) is 6.81. The third-order valence-electron chi connectivity index (χ3n) is 2.98. The van der Waals surface area contributed by atoms with Gasteiger partial charge in [-0.05, 0) is 32.4 Å². The van der Waals surface area contributed by atoms with Crippen molar-refractivity contribution in [1.29, 1.82) is 0 Å². The maximum atomic E-state index is 2.67. The summed E-state index contributed by atoms with van der Waals surface area (Å²) >= 11 is 0. The number of hydrogen-bond donors (Lipinski definition) is 1. The van der Waals surface area contributed by atoms with Crippen LogP contribution < -0.4 is 6.15 Å². The van der Waals surface area contributed by atoms with Crippen LogP contribution in [0.1, 0.15) is 40.0 Å². The summed E-state index contributed by atoms with van der Waals surface area (Å²) in [7, 11) is 0. The lowest BCUT2D eigenvalue weighted by Crippen LogP contribution is -2.45. The smallest absolute Gasteiger partial charge is 0.00952 e. The molecule has 68 valence electrons. The van der Waals surface area contributed by atoms with Gasteiger partial charge in [0, 0.05) is 7.47 Å². The van der Waals surface area contributed by atoms with Crippen molar-refractivity contribution < 1.29 is 1.43 Å². The Bertz CT molecular complexity index is 109. The van der Waals surface area contributed by atoms with E-state index in [4.69, 9.17) is 0 Å². The van der Waals surface area contributed by atoms with Crippen molar-refractivity contribution in [2.45, 2.75) is 44.6 Å². The van der Waals surface area contributed by atoms with Crippen LogP contribution in [0.2, 0.25) is 0 Å². The lowest BCUT2D eigenvalue weighted by Gasteiger charge is -2.40. The first kappa shape index (κ1) is 9.01. The Balaban J connectivity index is 0.000000605. The molecule has 0 atom stereocenters. The standard InChI is InChI=1S/C9H17N.H3N.H2/c1-2-5-9(6-3-1)10-7-4-8-10;;/h9H,1-8H2;1H3;1H. The van der Waals surface area contributed by atoms with Crippen molar-refractivity contribution in [2.75, 3.05) is 13.1 Å². The fraction of sp³-hybridized carbons (Fsp3) is 1.00. The fourth-order valence-electron chi connectivity index (χ4n) is 2.15. The van der Waals surface area contributed by atoms with Crippen molar-refractivity contribution in [3.8, 4) is 0 Å². The SMILES string of the molecule is C1CCC(N2CCC2)CC1.N.[HH]. The molecule has 1 aliphatic heterocycles. The molecule has 0 radical (unpaired) electrons. The Labute approximate surface area is 71.0 Å². The van der Waals surface area contributed by atoms with Gasteiger partial charge in [-0.2, -0.15) is 0 Å². The molecule has 0 bridgehead atoms. The first-order valence-corrected chi connectivity index (χ1v) is 4.71. The zero-order valence-electron chi connectivity index (χ0n) is 7.39. The summed E-state index contributed by atoms with van der Waals surface area (Å²) in [6.07, 6.45) is 8.89. The highest BCUT2D eigenvalue weighted by molar-refractivity contribution is 4.80. The first-order chi connectivity index (χ1) is 4.97. The first-order valence-electron chi connectivity index (χ1n) is 4.71. The summed E-state index contributed by atoms with van der Waals surface area (Å²) in [5, 5.41) is 0. The van der Waals surface area contributed by atoms with Gasteiger partial charge in [-0.1, -0.05) is 19.3 Å². The summed E-state index contributed by atoms with van der Waals surface area (Å²) in [5.41, 5.74) is 0. The molecule has 1 saturated heterocycles. The summed E-state index contributed by atoms with van der Waals surface area (Å²) in [6.45, 7) is 2.79. The molecule has 0 aromatic carbocycles. The highest BCUT2D eigenvalue weighted by Gasteiger charge is 2.24. The zero-order valence-corrected chi connectivity index (χ0v) is 7.39. The predicted octanol–water partition coefficient (Wildman–Crippen LogP) is 2.43. The van der Waals surface area contributed by atoms with Gasteiger partial charge in [-0.25, -0.2) is 0 Å². The minimum atomic E-state index is 0. The molecule has 2 heteroatoms. The van der Waals surface area contributed by atoms with Crippen molar-refractivity contribution >= 4 is 0 Å². The molecule has 2 fully saturated rings. The van der Waals surface area contributed by atoms with Crippen molar-refractivity contribution in [3.63, 3.8) is 0 Å². The van der Waals surface area contributed by atoms with Crippen LogP contribution in [0.3, 0.4) is 0 Å². The van der Waals surface area contributed by atoms with Crippen LogP contribution in [0, 0.1) is 0 Å². The van der Waals surface area contributed by atoms with E-state index in [0.717, 1.165) is 6.04 Å². The van der Waals surface area contributed by atoms with Gasteiger partial charge in [-0.3, -0.25) is 0 Å². The Hall–Kier alpha value is -0.0800. The number of likely N-dealkylation sites (tertiary alicyclic amines) is 1. The lowest BCUT2D eigenvalue weighted by molar-refractivity contribution is 0.0913. The third kappa shape index (κ3) is 1.94. The van der Waals surface area contributed by atoms with E-state index in [-0.39, 0.29) is 7.58 Å². The van der Waals surface area contributed by atoms with Crippen LogP contribution in [0.25, 0.3) is 0 Å². The lowest BCUT2D eigenvalue weighted by atomic mass is 9.92. The van der Waals surface area contributed by atoms with E-state index in [9.17, 15) is 0 Å². The second kappa shape index (κ2) is 4.07. The van der Waals surface area contributed by atoms with Gasteiger partial charge in [0.2, 0.25) is 0 Å². The fourth-order valence-corrected chi connectivity index (χ4v) is 2.15. The van der Waals surface area contributed by atoms with Crippen LogP contribution in [0.15, 0.2) is 0 Å². The van der Waals surface area contributed by atoms with Gasteiger partial charge >= 0.3 is 0 Å². The Morgan fingerprint density at radius 1 is 0.909 bits per heavy atom. The second-order valence-corrected chi connectivity index (χ2v) is 3.68. The van der Waals surface area contributed by atoms with Gasteiger partial charge in [0.15, 0.2) is 0 Å². The van der Waals surface area contributed by atoms with Crippen LogP contribution in [0.5, 0.6) is 0 Å². The predicted molar refractivity (Wildman–Crippen MR) is 50.2 cm³/mol. The maximum absolute atomic E-state index is 2.67. The average Bonchev–Trinajstić information content (AvgIpc) is 1.86. The highest BCUT2D eigenvalue weighted by atomic mass is 15.2. The normalized spacial score (nSPS) is 27.3. The molecular weight excluding hydrogens is 136 g/mol. The monoisotopic (exact) mass is 158 g/mol. The van der Waals surface area contributed by atoms with Gasteiger partial charge < -0.3 is 11.1 Å². The summed E-state index contributed by atoms with van der Waals surface area (Å²) in [4.78, 5) is 2.67. The van der Waals surface area contributed by atoms with Crippen LogP contribution in [-0.2, 0) is 0 Å². The molecule has 2 nitrogen and oxygen atoms in total. The summed E-state index contributed by atoms with van der Waals surface area (Å²) < 4.78 is 0. The average molecular weight is 158 g/mol. The molecule has 0 amide bonds. The second-order valence-electron chi connectivity index (χ2n) is 3.68. The Morgan fingerprint density at radius 3 is 2.00 bits per heavy atom. The van der Waals surface area contributed by atoms with Crippen molar-refractivity contribution in [3.05, 3.63) is 0 Å². The van der Waals surface area contributed by atoms with Crippen molar-refractivity contribution in [1.82, 2.24) is 11.1 Å². The molecule has 0 spiro atoms. The Morgan fingerprint density at radius 2 is 1.55 bits per heavy atom. The van der Waals surface area contributed by atoms with E-state index in [2.05, 4.69) is 4.90 Å².